The molecule has 0 fully saturated rings. The maximum absolute atomic E-state index is 12.8. The van der Waals surface area contributed by atoms with Crippen LogP contribution in [0, 0.1) is 6.92 Å². The molecule has 9 nitrogen and oxygen atoms in total. The first-order valence-electron chi connectivity index (χ1n) is 9.26. The van der Waals surface area contributed by atoms with E-state index in [4.69, 9.17) is 9.15 Å². The van der Waals surface area contributed by atoms with Gasteiger partial charge >= 0.3 is 11.7 Å². The van der Waals surface area contributed by atoms with Crippen molar-refractivity contribution in [1.29, 1.82) is 0 Å². The number of ether oxygens (including phenoxy) is 1. The lowest BCUT2D eigenvalue weighted by Crippen LogP contribution is -2.25. The summed E-state index contributed by atoms with van der Waals surface area (Å²) >= 11 is 1.29. The fourth-order valence-corrected chi connectivity index (χ4v) is 3.17. The Kier molecular flexibility index (Phi) is 6.83. The highest BCUT2D eigenvalue weighted by Crippen LogP contribution is 2.25. The van der Waals surface area contributed by atoms with Crippen LogP contribution in [0.1, 0.15) is 15.9 Å². The molecular formula is C21H22N4O5S. The predicted molar refractivity (Wildman–Crippen MR) is 122 cm³/mol. The minimum atomic E-state index is -0.779. The SMILES string of the molecule is CNSNc1cccc(NC(=O)c2c(C)c3ccc(OC(=O)N(C)C)cc3oc2=O)c1. The van der Waals surface area contributed by atoms with Crippen LogP contribution in [0.5, 0.6) is 5.75 Å². The topological polar surface area (TPSA) is 113 Å². The number of hydrogen-bond acceptors (Lipinski definition) is 8. The zero-order valence-electron chi connectivity index (χ0n) is 17.4. The molecule has 0 unspecified atom stereocenters. The van der Waals surface area contributed by atoms with Gasteiger partial charge in [0.05, 0.1) is 0 Å². The van der Waals surface area contributed by atoms with E-state index in [2.05, 4.69) is 14.8 Å². The minimum Gasteiger partial charge on any atom is -0.422 e. The Balaban J connectivity index is 1.89. The quantitative estimate of drug-likeness (QED) is 0.392. The van der Waals surface area contributed by atoms with E-state index < -0.39 is 17.6 Å². The normalized spacial score (nSPS) is 10.6. The molecule has 31 heavy (non-hydrogen) atoms. The number of aryl methyl sites for hydroxylation is 1. The molecular weight excluding hydrogens is 420 g/mol. The number of fused-ring (bicyclic) bond motifs is 1. The number of benzene rings is 2. The number of anilines is 2. The Bertz CT molecular complexity index is 1190. The summed E-state index contributed by atoms with van der Waals surface area (Å²) in [7, 11) is 4.90. The number of carbonyl (C=O) groups excluding carboxylic acids is 2. The van der Waals surface area contributed by atoms with Gasteiger partial charge in [0.1, 0.15) is 16.9 Å². The Morgan fingerprint density at radius 3 is 2.55 bits per heavy atom. The van der Waals surface area contributed by atoms with E-state index in [1.165, 1.54) is 23.1 Å². The van der Waals surface area contributed by atoms with Crippen molar-refractivity contribution in [2.24, 2.45) is 0 Å². The van der Waals surface area contributed by atoms with Gasteiger partial charge in [-0.05, 0) is 49.9 Å². The van der Waals surface area contributed by atoms with E-state index >= 15 is 0 Å². The van der Waals surface area contributed by atoms with Gasteiger partial charge in [-0.2, -0.15) is 0 Å². The minimum absolute atomic E-state index is 0.0894. The van der Waals surface area contributed by atoms with Crippen molar-refractivity contribution in [3.05, 3.63) is 64.0 Å². The second-order valence-corrected chi connectivity index (χ2v) is 7.57. The Labute approximate surface area is 183 Å². The van der Waals surface area contributed by atoms with Crippen LogP contribution in [0.4, 0.5) is 16.2 Å². The summed E-state index contributed by atoms with van der Waals surface area (Å²) < 4.78 is 16.5. The summed E-state index contributed by atoms with van der Waals surface area (Å²) in [6, 6.07) is 11.7. The molecule has 0 aliphatic heterocycles. The Hall–Kier alpha value is -3.50. The molecule has 1 aromatic heterocycles. The van der Waals surface area contributed by atoms with Crippen LogP contribution in [-0.4, -0.2) is 38.0 Å². The fraction of sp³-hybridized carbons (Fsp3) is 0.190. The number of amides is 2. The van der Waals surface area contributed by atoms with Crippen molar-refractivity contribution < 1.29 is 18.7 Å². The van der Waals surface area contributed by atoms with Gasteiger partial charge in [-0.15, -0.1) is 0 Å². The van der Waals surface area contributed by atoms with Crippen LogP contribution < -0.4 is 25.1 Å². The molecule has 0 radical (unpaired) electrons. The lowest BCUT2D eigenvalue weighted by atomic mass is 10.1. The zero-order valence-corrected chi connectivity index (χ0v) is 18.3. The summed E-state index contributed by atoms with van der Waals surface area (Å²) in [5.74, 6) is -0.343. The summed E-state index contributed by atoms with van der Waals surface area (Å²) in [6.45, 7) is 1.67. The predicted octanol–water partition coefficient (Wildman–Crippen LogP) is 3.61. The van der Waals surface area contributed by atoms with Crippen molar-refractivity contribution in [3.8, 4) is 5.75 Å². The Morgan fingerprint density at radius 2 is 1.84 bits per heavy atom. The van der Waals surface area contributed by atoms with Crippen LogP contribution >= 0.6 is 12.1 Å². The molecule has 0 bridgehead atoms. The van der Waals surface area contributed by atoms with Gasteiger partial charge in [0, 0.05) is 49.1 Å². The highest BCUT2D eigenvalue weighted by Gasteiger charge is 2.19. The van der Waals surface area contributed by atoms with Crippen molar-refractivity contribution in [3.63, 3.8) is 0 Å². The number of rotatable bonds is 6. The van der Waals surface area contributed by atoms with Gasteiger partial charge in [0.15, 0.2) is 0 Å². The van der Waals surface area contributed by atoms with E-state index in [1.807, 2.05) is 6.07 Å². The smallest absolute Gasteiger partial charge is 0.414 e. The third kappa shape index (κ3) is 5.16. The molecule has 0 atom stereocenters. The fourth-order valence-electron chi connectivity index (χ4n) is 2.82. The number of carbonyl (C=O) groups is 2. The molecule has 2 aromatic carbocycles. The van der Waals surface area contributed by atoms with Crippen LogP contribution in [0.3, 0.4) is 0 Å². The first-order valence-corrected chi connectivity index (χ1v) is 10.1. The van der Waals surface area contributed by atoms with Crippen molar-refractivity contribution >= 4 is 46.5 Å². The van der Waals surface area contributed by atoms with Crippen molar-refractivity contribution in [2.45, 2.75) is 6.92 Å². The second-order valence-electron chi connectivity index (χ2n) is 6.75. The van der Waals surface area contributed by atoms with Crippen molar-refractivity contribution in [2.75, 3.05) is 31.2 Å². The first-order chi connectivity index (χ1) is 14.8. The van der Waals surface area contributed by atoms with Gasteiger partial charge in [-0.1, -0.05) is 6.07 Å². The van der Waals surface area contributed by atoms with Gasteiger partial charge in [0.2, 0.25) is 0 Å². The molecule has 0 saturated heterocycles. The molecule has 0 saturated carbocycles. The van der Waals surface area contributed by atoms with E-state index in [0.29, 0.717) is 16.6 Å². The van der Waals surface area contributed by atoms with Crippen LogP contribution in [0.2, 0.25) is 0 Å². The van der Waals surface area contributed by atoms with Crippen LogP contribution in [0.15, 0.2) is 51.7 Å². The molecule has 3 aromatic rings. The lowest BCUT2D eigenvalue weighted by Gasteiger charge is -2.12. The molecule has 0 aliphatic rings. The number of nitrogens with one attached hydrogen (secondary N) is 3. The summed E-state index contributed by atoms with van der Waals surface area (Å²) in [4.78, 5) is 38.4. The molecule has 2 amide bonds. The molecule has 0 aliphatic carbocycles. The summed E-state index contributed by atoms with van der Waals surface area (Å²) in [5, 5.41) is 3.29. The third-order valence-electron chi connectivity index (χ3n) is 4.33. The maximum Gasteiger partial charge on any atom is 0.414 e. The van der Waals surface area contributed by atoms with Crippen LogP contribution in [0.25, 0.3) is 11.0 Å². The third-order valence-corrected chi connectivity index (χ3v) is 4.87. The van der Waals surface area contributed by atoms with Gasteiger partial charge in [-0.3, -0.25) is 4.79 Å². The standard InChI is InChI=1S/C21H22N4O5S/c1-12-16-9-8-15(29-21(28)25(3)4)11-17(16)30-20(27)18(12)19(26)23-13-6-5-7-14(10-13)24-31-22-2/h5-11,22,24H,1-4H3,(H,23,26). The van der Waals surface area contributed by atoms with E-state index in [0.717, 1.165) is 5.69 Å². The van der Waals surface area contributed by atoms with Crippen molar-refractivity contribution in [1.82, 2.24) is 9.62 Å². The molecule has 0 spiro atoms. The molecule has 3 N–H and O–H groups in total. The number of hydrogen-bond donors (Lipinski definition) is 3. The molecule has 10 heteroatoms. The van der Waals surface area contributed by atoms with Crippen LogP contribution in [-0.2, 0) is 0 Å². The van der Waals surface area contributed by atoms with E-state index in [9.17, 15) is 14.4 Å². The van der Waals surface area contributed by atoms with E-state index in [-0.39, 0.29) is 16.9 Å². The summed E-state index contributed by atoms with van der Waals surface area (Å²) in [6.07, 6.45) is -0.556. The lowest BCUT2D eigenvalue weighted by molar-refractivity contribution is 0.102. The molecule has 3 rings (SSSR count). The largest absolute Gasteiger partial charge is 0.422 e. The molecule has 1 heterocycles. The van der Waals surface area contributed by atoms with Gasteiger partial charge in [0.25, 0.3) is 5.91 Å². The highest BCUT2D eigenvalue weighted by atomic mass is 32.2. The average Bonchev–Trinajstić information content (AvgIpc) is 2.72. The first kappa shape index (κ1) is 22.2. The zero-order chi connectivity index (χ0) is 22.5. The summed E-state index contributed by atoms with van der Waals surface area (Å²) in [5.41, 5.74) is 1.12. The van der Waals surface area contributed by atoms with Gasteiger partial charge < -0.3 is 24.1 Å². The maximum atomic E-state index is 12.8. The van der Waals surface area contributed by atoms with Gasteiger partial charge in [-0.25, -0.2) is 14.3 Å². The average molecular weight is 442 g/mol. The molecule has 162 valence electrons. The highest BCUT2D eigenvalue weighted by molar-refractivity contribution is 7.98. The van der Waals surface area contributed by atoms with E-state index in [1.54, 1.807) is 58.4 Å². The monoisotopic (exact) mass is 442 g/mol. The second kappa shape index (κ2) is 9.54. The number of nitrogens with zero attached hydrogens (tertiary/aromatic N) is 1. The Morgan fingerprint density at radius 1 is 1.10 bits per heavy atom.